The summed E-state index contributed by atoms with van der Waals surface area (Å²) in [4.78, 5) is 9.95. The summed E-state index contributed by atoms with van der Waals surface area (Å²) < 4.78 is 0. The van der Waals surface area contributed by atoms with Gasteiger partial charge in [0.1, 0.15) is 5.02 Å². The molecule has 0 amide bonds. The summed E-state index contributed by atoms with van der Waals surface area (Å²) >= 11 is 16.9. The van der Waals surface area contributed by atoms with Crippen LogP contribution in [0.15, 0.2) is 6.07 Å². The Balaban J connectivity index is 3.56. The molecule has 0 N–H and O–H groups in total. The Hall–Kier alpha value is -0.510. The van der Waals surface area contributed by atoms with E-state index < -0.39 is 4.92 Å². The highest BCUT2D eigenvalue weighted by atomic mass is 35.5. The quantitative estimate of drug-likeness (QED) is 0.425. The van der Waals surface area contributed by atoms with E-state index in [9.17, 15) is 10.1 Å². The predicted molar refractivity (Wildman–Crippen MR) is 52.9 cm³/mol. The van der Waals surface area contributed by atoms with Crippen LogP contribution < -0.4 is 0 Å². The maximum Gasteiger partial charge on any atom is 0.293 e. The second-order valence-corrected chi connectivity index (χ2v) is 3.58. The summed E-state index contributed by atoms with van der Waals surface area (Å²) in [5.41, 5.74) is 0.0835. The van der Waals surface area contributed by atoms with Gasteiger partial charge in [-0.25, -0.2) is 0 Å². The van der Waals surface area contributed by atoms with Crippen molar-refractivity contribution < 1.29 is 4.92 Å². The zero-order valence-electron chi connectivity index (χ0n) is 6.47. The number of nitro benzene ring substituents is 1. The van der Waals surface area contributed by atoms with Crippen LogP contribution in [0.4, 0.5) is 5.69 Å². The number of hydrogen-bond donors (Lipinski definition) is 0. The summed E-state index contributed by atoms with van der Waals surface area (Å²) in [7, 11) is 0. The van der Waals surface area contributed by atoms with Crippen LogP contribution in [0.2, 0.25) is 15.1 Å². The minimum atomic E-state index is -0.602. The van der Waals surface area contributed by atoms with Crippen molar-refractivity contribution in [3.63, 3.8) is 0 Å². The van der Waals surface area contributed by atoms with Gasteiger partial charge in [0.25, 0.3) is 5.69 Å². The number of hydrogen-bond acceptors (Lipinski definition) is 2. The first-order chi connectivity index (χ1) is 5.95. The molecule has 0 atom stereocenters. The van der Waals surface area contributed by atoms with Crippen molar-refractivity contribution >= 4 is 40.5 Å². The molecule has 0 aliphatic carbocycles. The Morgan fingerprint density at radius 2 is 1.85 bits per heavy atom. The molecule has 0 spiro atoms. The normalized spacial score (nSPS) is 10.2. The van der Waals surface area contributed by atoms with Crippen molar-refractivity contribution in [3.8, 4) is 0 Å². The molecule has 0 saturated carbocycles. The second-order valence-electron chi connectivity index (χ2n) is 2.38. The van der Waals surface area contributed by atoms with E-state index in [1.165, 1.54) is 13.0 Å². The SMILES string of the molecule is Cc1c(Cl)cc(Cl)c(Cl)c1[N+](=O)[O-]. The summed E-state index contributed by atoms with van der Waals surface area (Å²) in [6.07, 6.45) is 0. The van der Waals surface area contributed by atoms with Gasteiger partial charge < -0.3 is 0 Å². The molecule has 0 aliphatic rings. The Kier molecular flexibility index (Phi) is 3.01. The summed E-state index contributed by atoms with van der Waals surface area (Å²) in [5.74, 6) is 0. The van der Waals surface area contributed by atoms with Gasteiger partial charge in [-0.2, -0.15) is 0 Å². The molecule has 1 aromatic rings. The van der Waals surface area contributed by atoms with Gasteiger partial charge in [0.2, 0.25) is 0 Å². The number of benzene rings is 1. The third-order valence-corrected chi connectivity index (χ3v) is 2.74. The third-order valence-electron chi connectivity index (χ3n) is 1.57. The van der Waals surface area contributed by atoms with Crippen molar-refractivity contribution in [2.75, 3.05) is 0 Å². The highest BCUT2D eigenvalue weighted by Gasteiger charge is 2.21. The molecule has 0 heterocycles. The van der Waals surface area contributed by atoms with Gasteiger partial charge in [-0.1, -0.05) is 34.8 Å². The van der Waals surface area contributed by atoms with Crippen LogP contribution >= 0.6 is 34.8 Å². The van der Waals surface area contributed by atoms with Gasteiger partial charge in [-0.15, -0.1) is 0 Å². The number of rotatable bonds is 1. The Morgan fingerprint density at radius 1 is 1.31 bits per heavy atom. The predicted octanol–water partition coefficient (Wildman–Crippen LogP) is 3.86. The highest BCUT2D eigenvalue weighted by Crippen LogP contribution is 2.38. The molecular weight excluding hydrogens is 236 g/mol. The van der Waals surface area contributed by atoms with Crippen LogP contribution in [0.5, 0.6) is 0 Å². The minimum absolute atomic E-state index is 0.0754. The first-order valence-electron chi connectivity index (χ1n) is 3.23. The van der Waals surface area contributed by atoms with Crippen LogP contribution in [0.25, 0.3) is 0 Å². The Morgan fingerprint density at radius 3 is 2.31 bits per heavy atom. The van der Waals surface area contributed by atoms with E-state index in [0.717, 1.165) is 0 Å². The smallest absolute Gasteiger partial charge is 0.258 e. The van der Waals surface area contributed by atoms with Gasteiger partial charge in [0.05, 0.1) is 15.0 Å². The average Bonchev–Trinajstić information content (AvgIpc) is 2.01. The van der Waals surface area contributed by atoms with Crippen LogP contribution in [0.3, 0.4) is 0 Å². The number of nitrogens with zero attached hydrogens (tertiary/aromatic N) is 1. The van der Waals surface area contributed by atoms with E-state index in [4.69, 9.17) is 34.8 Å². The van der Waals surface area contributed by atoms with E-state index in [2.05, 4.69) is 0 Å². The molecule has 3 nitrogen and oxygen atoms in total. The fourth-order valence-electron chi connectivity index (χ4n) is 0.891. The molecule has 0 fully saturated rings. The number of nitro groups is 1. The lowest BCUT2D eigenvalue weighted by Gasteiger charge is -2.03. The van der Waals surface area contributed by atoms with Crippen molar-refractivity contribution in [1.29, 1.82) is 0 Å². The summed E-state index contributed by atoms with van der Waals surface area (Å²) in [6.45, 7) is 1.52. The monoisotopic (exact) mass is 239 g/mol. The maximum absolute atomic E-state index is 10.6. The highest BCUT2D eigenvalue weighted by molar-refractivity contribution is 6.44. The van der Waals surface area contributed by atoms with Crippen molar-refractivity contribution in [3.05, 3.63) is 36.8 Å². The largest absolute Gasteiger partial charge is 0.293 e. The molecule has 0 unspecified atom stereocenters. The Bertz CT molecular complexity index is 352. The van der Waals surface area contributed by atoms with Crippen molar-refractivity contribution in [2.24, 2.45) is 0 Å². The fraction of sp³-hybridized carbons (Fsp3) is 0.143. The lowest BCUT2D eigenvalue weighted by atomic mass is 10.2. The van der Waals surface area contributed by atoms with Crippen LogP contribution in [-0.2, 0) is 0 Å². The van der Waals surface area contributed by atoms with Crippen LogP contribution in [-0.4, -0.2) is 4.92 Å². The zero-order chi connectivity index (χ0) is 10.2. The second kappa shape index (κ2) is 3.70. The van der Waals surface area contributed by atoms with Gasteiger partial charge in [-0.05, 0) is 13.0 Å². The standard InChI is InChI=1S/C7H4Cl3NO2/c1-3-4(8)2-5(9)6(10)7(3)11(12)13/h2H,1H3. The van der Waals surface area contributed by atoms with E-state index in [0.29, 0.717) is 5.56 Å². The third kappa shape index (κ3) is 1.88. The Labute approximate surface area is 89.4 Å². The van der Waals surface area contributed by atoms with Crippen molar-refractivity contribution in [1.82, 2.24) is 0 Å². The molecule has 1 rings (SSSR count). The minimum Gasteiger partial charge on any atom is -0.258 e. The van der Waals surface area contributed by atoms with E-state index >= 15 is 0 Å². The van der Waals surface area contributed by atoms with Crippen molar-refractivity contribution in [2.45, 2.75) is 6.92 Å². The molecule has 0 aliphatic heterocycles. The molecule has 0 bridgehead atoms. The zero-order valence-corrected chi connectivity index (χ0v) is 8.74. The molecule has 70 valence electrons. The fourth-order valence-corrected chi connectivity index (χ4v) is 1.61. The van der Waals surface area contributed by atoms with Crippen LogP contribution in [0, 0.1) is 17.0 Å². The summed E-state index contributed by atoms with van der Waals surface area (Å²) in [6, 6.07) is 1.38. The molecule has 0 saturated heterocycles. The average molecular weight is 240 g/mol. The first kappa shape index (κ1) is 10.6. The van der Waals surface area contributed by atoms with Gasteiger partial charge in [0.15, 0.2) is 0 Å². The molecule has 0 aromatic heterocycles. The molecule has 13 heavy (non-hydrogen) atoms. The number of halogens is 3. The molecule has 6 heteroatoms. The lowest BCUT2D eigenvalue weighted by molar-refractivity contribution is -0.385. The van der Waals surface area contributed by atoms with E-state index in [1.54, 1.807) is 0 Å². The van der Waals surface area contributed by atoms with Crippen LogP contribution in [0.1, 0.15) is 5.56 Å². The lowest BCUT2D eigenvalue weighted by Crippen LogP contribution is -1.94. The van der Waals surface area contributed by atoms with Gasteiger partial charge in [0, 0.05) is 5.56 Å². The molecular formula is C7H4Cl3NO2. The van der Waals surface area contributed by atoms with Gasteiger partial charge in [-0.3, -0.25) is 10.1 Å². The van der Waals surface area contributed by atoms with E-state index in [-0.39, 0.29) is 20.8 Å². The molecule has 1 aromatic carbocycles. The van der Waals surface area contributed by atoms with Gasteiger partial charge >= 0.3 is 0 Å². The summed E-state index contributed by atoms with van der Waals surface area (Å²) in [5, 5.41) is 10.8. The first-order valence-corrected chi connectivity index (χ1v) is 4.37. The molecule has 0 radical (unpaired) electrons. The van der Waals surface area contributed by atoms with E-state index in [1.807, 2.05) is 0 Å². The maximum atomic E-state index is 10.6. The topological polar surface area (TPSA) is 43.1 Å².